The molecule has 1 amide bonds. The molecular formula is C33H47N5O. The molecule has 6 heteroatoms. The fourth-order valence-electron chi connectivity index (χ4n) is 8.03. The van der Waals surface area contributed by atoms with E-state index < -0.39 is 0 Å². The standard InChI is InChI=1S/C33H47N5O/c1-34-17-21-36(22-18-34)15-13-31(39)38-16-14-33(37-23-19-35(2)20-24-37)25-29(27-9-5-3-6-10-27)32(38)30(26-33)28-11-7-4-8-12-28/h3-12,29-30,32H,13-26H2,1-2H3. The molecule has 1 saturated carbocycles. The van der Waals surface area contributed by atoms with E-state index in [4.69, 9.17) is 0 Å². The lowest BCUT2D eigenvalue weighted by Gasteiger charge is -2.54. The molecule has 2 aromatic rings. The van der Waals surface area contributed by atoms with Gasteiger partial charge in [-0.3, -0.25) is 9.69 Å². The molecule has 4 aliphatic heterocycles. The van der Waals surface area contributed by atoms with Gasteiger partial charge in [0.05, 0.1) is 0 Å². The van der Waals surface area contributed by atoms with Crippen molar-refractivity contribution in [2.75, 3.05) is 79.5 Å². The number of carbonyl (C=O) groups is 1. The molecule has 4 saturated heterocycles. The Kier molecular flexibility index (Phi) is 8.08. The highest BCUT2D eigenvalue weighted by Crippen LogP contribution is 2.54. The van der Waals surface area contributed by atoms with Gasteiger partial charge in [-0.05, 0) is 44.5 Å². The smallest absolute Gasteiger partial charge is 0.224 e. The van der Waals surface area contributed by atoms with Crippen molar-refractivity contribution in [2.45, 2.75) is 49.1 Å². The Morgan fingerprint density at radius 2 is 1.23 bits per heavy atom. The SMILES string of the molecule is CN1CCN(CCC(=O)N2CCC3(N4CCN(C)CC4)CC(c4ccccc4)C2C(c2ccccc2)C3)CC1. The number of hydrogen-bond acceptors (Lipinski definition) is 5. The number of carbonyl (C=O) groups excluding carboxylic acids is 1. The van der Waals surface area contributed by atoms with Gasteiger partial charge >= 0.3 is 0 Å². The fraction of sp³-hybridized carbons (Fsp3) is 0.606. The normalized spacial score (nSPS) is 31.3. The highest BCUT2D eigenvalue weighted by molar-refractivity contribution is 5.77. The Morgan fingerprint density at radius 1 is 0.718 bits per heavy atom. The van der Waals surface area contributed by atoms with Gasteiger partial charge in [0.2, 0.25) is 5.91 Å². The highest BCUT2D eigenvalue weighted by Gasteiger charge is 2.55. The molecule has 5 aliphatic rings. The molecule has 2 bridgehead atoms. The van der Waals surface area contributed by atoms with Crippen LogP contribution >= 0.6 is 0 Å². The molecule has 7 rings (SSSR count). The second kappa shape index (κ2) is 11.7. The molecule has 0 spiro atoms. The van der Waals surface area contributed by atoms with E-state index in [1.807, 2.05) is 0 Å². The molecule has 2 aromatic carbocycles. The van der Waals surface area contributed by atoms with Gasteiger partial charge in [-0.15, -0.1) is 0 Å². The number of fused-ring (bicyclic) bond motifs is 4. The molecule has 2 unspecified atom stereocenters. The quantitative estimate of drug-likeness (QED) is 0.572. The number of hydrogen-bond donors (Lipinski definition) is 0. The molecule has 0 N–H and O–H groups in total. The van der Waals surface area contributed by atoms with E-state index >= 15 is 0 Å². The summed E-state index contributed by atoms with van der Waals surface area (Å²) < 4.78 is 0. The third-order valence-corrected chi connectivity index (χ3v) is 10.4. The van der Waals surface area contributed by atoms with E-state index in [2.05, 4.69) is 99.3 Å². The monoisotopic (exact) mass is 529 g/mol. The van der Waals surface area contributed by atoms with E-state index in [0.717, 1.165) is 84.7 Å². The first-order chi connectivity index (χ1) is 19.0. The van der Waals surface area contributed by atoms with Crippen LogP contribution in [0.2, 0.25) is 0 Å². The van der Waals surface area contributed by atoms with Gasteiger partial charge in [-0.1, -0.05) is 60.7 Å². The van der Waals surface area contributed by atoms with Gasteiger partial charge in [-0.25, -0.2) is 0 Å². The Bertz CT molecular complexity index is 1030. The summed E-state index contributed by atoms with van der Waals surface area (Å²) in [6.07, 6.45) is 4.01. The lowest BCUT2D eigenvalue weighted by Crippen LogP contribution is -2.59. The minimum Gasteiger partial charge on any atom is -0.338 e. The van der Waals surface area contributed by atoms with E-state index in [9.17, 15) is 4.79 Å². The lowest BCUT2D eigenvalue weighted by molar-refractivity contribution is -0.134. The number of rotatable bonds is 6. The lowest BCUT2D eigenvalue weighted by atomic mass is 9.63. The average molecular weight is 530 g/mol. The van der Waals surface area contributed by atoms with Gasteiger partial charge in [0.25, 0.3) is 0 Å². The van der Waals surface area contributed by atoms with Crippen LogP contribution < -0.4 is 0 Å². The fourth-order valence-corrected chi connectivity index (χ4v) is 8.03. The summed E-state index contributed by atoms with van der Waals surface area (Å²) in [5.41, 5.74) is 2.94. The zero-order valence-corrected chi connectivity index (χ0v) is 24.0. The van der Waals surface area contributed by atoms with Gasteiger partial charge in [0, 0.05) is 95.3 Å². The van der Waals surface area contributed by atoms with E-state index in [-0.39, 0.29) is 11.6 Å². The third-order valence-electron chi connectivity index (χ3n) is 10.4. The van der Waals surface area contributed by atoms with Gasteiger partial charge in [0.1, 0.15) is 0 Å². The summed E-state index contributed by atoms with van der Waals surface area (Å²) in [5.74, 6) is 1.05. The third kappa shape index (κ3) is 5.67. The first-order valence-electron chi connectivity index (χ1n) is 15.3. The van der Waals surface area contributed by atoms with Crippen molar-refractivity contribution in [2.24, 2.45) is 0 Å². The molecule has 6 nitrogen and oxygen atoms in total. The first-order valence-corrected chi connectivity index (χ1v) is 15.3. The van der Waals surface area contributed by atoms with Crippen molar-refractivity contribution >= 4 is 5.91 Å². The second-order valence-electron chi connectivity index (χ2n) is 12.7. The summed E-state index contributed by atoms with van der Waals surface area (Å²) >= 11 is 0. The van der Waals surface area contributed by atoms with E-state index in [1.165, 1.54) is 11.1 Å². The van der Waals surface area contributed by atoms with Crippen LogP contribution in [0.25, 0.3) is 0 Å². The second-order valence-corrected chi connectivity index (χ2v) is 12.7. The zero-order chi connectivity index (χ0) is 26.8. The zero-order valence-electron chi connectivity index (χ0n) is 24.0. The predicted octanol–water partition coefficient (Wildman–Crippen LogP) is 3.57. The molecule has 0 aromatic heterocycles. The van der Waals surface area contributed by atoms with Crippen molar-refractivity contribution in [1.82, 2.24) is 24.5 Å². The van der Waals surface area contributed by atoms with Gasteiger partial charge in [0.15, 0.2) is 0 Å². The number of piperazine rings is 2. The summed E-state index contributed by atoms with van der Waals surface area (Å²) in [7, 11) is 4.44. The number of likely N-dealkylation sites (N-methyl/N-ethyl adjacent to an activating group) is 2. The van der Waals surface area contributed by atoms with E-state index in [1.54, 1.807) is 0 Å². The van der Waals surface area contributed by atoms with Crippen molar-refractivity contribution in [3.8, 4) is 0 Å². The number of nitrogens with zero attached hydrogens (tertiary/aromatic N) is 5. The summed E-state index contributed by atoms with van der Waals surface area (Å²) in [4.78, 5) is 26.7. The van der Waals surface area contributed by atoms with Crippen LogP contribution in [0.4, 0.5) is 0 Å². The Balaban J connectivity index is 1.34. The first kappa shape index (κ1) is 26.9. The number of amides is 1. The van der Waals surface area contributed by atoms with Crippen molar-refractivity contribution in [3.05, 3.63) is 71.8 Å². The van der Waals surface area contributed by atoms with Crippen LogP contribution in [0, 0.1) is 0 Å². The van der Waals surface area contributed by atoms with Crippen LogP contribution in [-0.4, -0.2) is 122 Å². The van der Waals surface area contributed by atoms with Crippen LogP contribution in [0.5, 0.6) is 0 Å². The van der Waals surface area contributed by atoms with Crippen molar-refractivity contribution < 1.29 is 4.79 Å². The van der Waals surface area contributed by atoms with Crippen molar-refractivity contribution in [3.63, 3.8) is 0 Å². The minimum atomic E-state index is 0.130. The maximum atomic E-state index is 14.2. The molecule has 210 valence electrons. The summed E-state index contributed by atoms with van der Waals surface area (Å²) in [5, 5.41) is 0. The van der Waals surface area contributed by atoms with Crippen molar-refractivity contribution in [1.29, 1.82) is 0 Å². The van der Waals surface area contributed by atoms with Crippen LogP contribution in [-0.2, 0) is 4.79 Å². The predicted molar refractivity (Wildman–Crippen MR) is 158 cm³/mol. The van der Waals surface area contributed by atoms with Crippen LogP contribution in [0.15, 0.2) is 60.7 Å². The van der Waals surface area contributed by atoms with Gasteiger partial charge in [-0.2, -0.15) is 0 Å². The number of benzene rings is 2. The molecule has 4 heterocycles. The van der Waals surface area contributed by atoms with E-state index in [0.29, 0.717) is 24.2 Å². The molecule has 39 heavy (non-hydrogen) atoms. The molecular weight excluding hydrogens is 482 g/mol. The Labute approximate surface area is 235 Å². The maximum Gasteiger partial charge on any atom is 0.224 e. The molecule has 5 fully saturated rings. The molecule has 2 atom stereocenters. The van der Waals surface area contributed by atoms with Crippen LogP contribution in [0.1, 0.15) is 48.6 Å². The Morgan fingerprint density at radius 3 is 1.77 bits per heavy atom. The molecule has 1 aliphatic carbocycles. The van der Waals surface area contributed by atoms with Crippen LogP contribution in [0.3, 0.4) is 0 Å². The minimum absolute atomic E-state index is 0.130. The summed E-state index contributed by atoms with van der Waals surface area (Å²) in [6.45, 7) is 10.6. The highest BCUT2D eigenvalue weighted by atomic mass is 16.2. The topological polar surface area (TPSA) is 33.3 Å². The molecule has 0 radical (unpaired) electrons. The van der Waals surface area contributed by atoms with Gasteiger partial charge < -0.3 is 19.6 Å². The maximum absolute atomic E-state index is 14.2. The Hall–Kier alpha value is -2.25. The average Bonchev–Trinajstić information content (AvgIpc) is 3.26. The summed E-state index contributed by atoms with van der Waals surface area (Å²) in [6, 6.07) is 22.5. The largest absolute Gasteiger partial charge is 0.338 e.